The third-order valence-corrected chi connectivity index (χ3v) is 6.19. The maximum absolute atomic E-state index is 13.0. The first-order valence-corrected chi connectivity index (χ1v) is 10.5. The molecule has 0 radical (unpaired) electrons. The normalized spacial score (nSPS) is 22.4. The molecule has 2 saturated heterocycles. The van der Waals surface area contributed by atoms with Crippen LogP contribution in [0.4, 0.5) is 0 Å². The van der Waals surface area contributed by atoms with Gasteiger partial charge in [-0.15, -0.1) is 0 Å². The Hall–Kier alpha value is -1.95. The van der Waals surface area contributed by atoms with Crippen LogP contribution in [0.5, 0.6) is 0 Å². The third-order valence-electron chi connectivity index (χ3n) is 6.19. The second-order valence-corrected chi connectivity index (χ2v) is 8.04. The lowest BCUT2D eigenvalue weighted by atomic mass is 9.99. The van der Waals surface area contributed by atoms with Gasteiger partial charge in [0, 0.05) is 31.7 Å². The highest BCUT2D eigenvalue weighted by Crippen LogP contribution is 2.29. The van der Waals surface area contributed by atoms with E-state index < -0.39 is 0 Å². The number of fused-ring (bicyclic) bond motifs is 1. The molecule has 2 aliphatic rings. The Morgan fingerprint density at radius 2 is 2.00 bits per heavy atom. The number of aryl methyl sites for hydroxylation is 1. The van der Waals surface area contributed by atoms with Crippen LogP contribution in [0.3, 0.4) is 0 Å². The number of pyridine rings is 1. The van der Waals surface area contributed by atoms with Crippen molar-refractivity contribution in [1.82, 2.24) is 24.3 Å². The molecule has 0 N–H and O–H groups in total. The molecule has 1 atom stereocenters. The van der Waals surface area contributed by atoms with Crippen molar-refractivity contribution in [3.63, 3.8) is 0 Å². The number of hydrogen-bond acceptors (Lipinski definition) is 4. The fourth-order valence-corrected chi connectivity index (χ4v) is 4.70. The number of imidazole rings is 1. The number of amides is 1. The van der Waals surface area contributed by atoms with E-state index in [9.17, 15) is 4.79 Å². The molecule has 4 heterocycles. The Balaban J connectivity index is 1.48. The zero-order valence-corrected chi connectivity index (χ0v) is 16.6. The Bertz CT molecular complexity index is 793. The SMILES string of the molecule is CCCc1nc2cccnc2n1C1CCN(C(=O)[C@H]2CCCCN2C)CC1. The molecule has 0 spiro atoms. The first kappa shape index (κ1) is 18.4. The van der Waals surface area contributed by atoms with Crippen LogP contribution in [0, 0.1) is 0 Å². The number of piperidine rings is 2. The largest absolute Gasteiger partial charge is 0.341 e. The lowest BCUT2D eigenvalue weighted by molar-refractivity contribution is -0.139. The Morgan fingerprint density at radius 1 is 1.19 bits per heavy atom. The van der Waals surface area contributed by atoms with E-state index in [1.165, 1.54) is 12.8 Å². The van der Waals surface area contributed by atoms with E-state index in [1.54, 1.807) is 0 Å². The summed E-state index contributed by atoms with van der Waals surface area (Å²) in [5.41, 5.74) is 1.99. The van der Waals surface area contributed by atoms with Crippen LogP contribution in [0.15, 0.2) is 18.3 Å². The topological polar surface area (TPSA) is 54.3 Å². The first-order chi connectivity index (χ1) is 13.2. The number of carbonyl (C=O) groups excluding carboxylic acids is 1. The van der Waals surface area contributed by atoms with E-state index in [2.05, 4.69) is 39.4 Å². The van der Waals surface area contributed by atoms with Crippen LogP contribution < -0.4 is 0 Å². The minimum absolute atomic E-state index is 0.0849. The second kappa shape index (κ2) is 7.97. The van der Waals surface area contributed by atoms with Gasteiger partial charge in [-0.25, -0.2) is 9.97 Å². The summed E-state index contributed by atoms with van der Waals surface area (Å²) >= 11 is 0. The summed E-state index contributed by atoms with van der Waals surface area (Å²) < 4.78 is 2.35. The van der Waals surface area contributed by atoms with Gasteiger partial charge >= 0.3 is 0 Å². The predicted molar refractivity (Wildman–Crippen MR) is 107 cm³/mol. The summed E-state index contributed by atoms with van der Waals surface area (Å²) in [4.78, 5) is 26.8. The van der Waals surface area contributed by atoms with E-state index in [1.807, 2.05) is 12.3 Å². The van der Waals surface area contributed by atoms with Gasteiger partial charge in [-0.05, 0) is 57.8 Å². The predicted octanol–water partition coefficient (Wildman–Crippen LogP) is 3.03. The summed E-state index contributed by atoms with van der Waals surface area (Å²) in [6.07, 6.45) is 9.27. The second-order valence-electron chi connectivity index (χ2n) is 8.04. The van der Waals surface area contributed by atoms with Crippen molar-refractivity contribution in [3.8, 4) is 0 Å². The molecule has 0 bridgehead atoms. The molecule has 1 amide bonds. The first-order valence-electron chi connectivity index (χ1n) is 10.5. The van der Waals surface area contributed by atoms with Gasteiger partial charge in [-0.2, -0.15) is 0 Å². The van der Waals surface area contributed by atoms with Gasteiger partial charge in [0.2, 0.25) is 5.91 Å². The minimum atomic E-state index is 0.0849. The van der Waals surface area contributed by atoms with Crippen molar-refractivity contribution in [2.75, 3.05) is 26.7 Å². The highest BCUT2D eigenvalue weighted by Gasteiger charge is 2.33. The fraction of sp³-hybridized carbons (Fsp3) is 0.667. The fourth-order valence-electron chi connectivity index (χ4n) is 4.70. The maximum Gasteiger partial charge on any atom is 0.239 e. The summed E-state index contributed by atoms with van der Waals surface area (Å²) in [6.45, 7) is 4.91. The molecule has 0 aromatic carbocycles. The number of hydrogen-bond donors (Lipinski definition) is 0. The van der Waals surface area contributed by atoms with Crippen LogP contribution in [0.1, 0.15) is 57.3 Å². The lowest BCUT2D eigenvalue weighted by Gasteiger charge is -2.39. The van der Waals surface area contributed by atoms with Crippen LogP contribution in [0.25, 0.3) is 11.2 Å². The van der Waals surface area contributed by atoms with E-state index in [0.29, 0.717) is 11.9 Å². The van der Waals surface area contributed by atoms with Crippen molar-refractivity contribution < 1.29 is 4.79 Å². The number of carbonyl (C=O) groups is 1. The molecule has 2 aliphatic heterocycles. The van der Waals surface area contributed by atoms with Gasteiger partial charge < -0.3 is 9.47 Å². The highest BCUT2D eigenvalue weighted by molar-refractivity contribution is 5.82. The summed E-state index contributed by atoms with van der Waals surface area (Å²) in [5, 5.41) is 0. The van der Waals surface area contributed by atoms with Gasteiger partial charge in [0.25, 0.3) is 0 Å². The lowest BCUT2D eigenvalue weighted by Crippen LogP contribution is -2.51. The Labute approximate surface area is 161 Å². The van der Waals surface area contributed by atoms with Gasteiger partial charge in [-0.3, -0.25) is 9.69 Å². The van der Waals surface area contributed by atoms with Crippen LogP contribution >= 0.6 is 0 Å². The summed E-state index contributed by atoms with van der Waals surface area (Å²) in [6, 6.07) is 4.48. The molecule has 6 nitrogen and oxygen atoms in total. The van der Waals surface area contributed by atoms with Gasteiger partial charge in [0.15, 0.2) is 5.65 Å². The minimum Gasteiger partial charge on any atom is -0.341 e. The average molecular weight is 370 g/mol. The summed E-state index contributed by atoms with van der Waals surface area (Å²) in [5.74, 6) is 1.47. The third kappa shape index (κ3) is 3.59. The number of aromatic nitrogens is 3. The van der Waals surface area contributed by atoms with Crippen molar-refractivity contribution in [2.45, 2.75) is 64.0 Å². The number of likely N-dealkylation sites (N-methyl/N-ethyl adjacent to an activating group) is 1. The molecule has 2 fully saturated rings. The van der Waals surface area contributed by atoms with Gasteiger partial charge in [-0.1, -0.05) is 13.3 Å². The molecule has 146 valence electrons. The molecule has 4 rings (SSSR count). The van der Waals surface area contributed by atoms with E-state index in [-0.39, 0.29) is 6.04 Å². The molecular formula is C21H31N5O. The molecule has 0 aliphatic carbocycles. The van der Waals surface area contributed by atoms with Crippen LogP contribution in [0.2, 0.25) is 0 Å². The molecule has 2 aromatic heterocycles. The quantitative estimate of drug-likeness (QED) is 0.831. The van der Waals surface area contributed by atoms with E-state index in [0.717, 1.165) is 68.7 Å². The Kier molecular flexibility index (Phi) is 5.43. The van der Waals surface area contributed by atoms with Gasteiger partial charge in [0.05, 0.1) is 6.04 Å². The van der Waals surface area contributed by atoms with Crippen LogP contribution in [-0.2, 0) is 11.2 Å². The maximum atomic E-state index is 13.0. The number of likely N-dealkylation sites (tertiary alicyclic amines) is 2. The zero-order chi connectivity index (χ0) is 18.8. The van der Waals surface area contributed by atoms with Crippen molar-refractivity contribution >= 4 is 17.1 Å². The monoisotopic (exact) mass is 369 g/mol. The molecular weight excluding hydrogens is 338 g/mol. The zero-order valence-electron chi connectivity index (χ0n) is 16.6. The molecule has 2 aromatic rings. The highest BCUT2D eigenvalue weighted by atomic mass is 16.2. The number of rotatable bonds is 4. The number of nitrogens with zero attached hydrogens (tertiary/aromatic N) is 5. The molecule has 6 heteroatoms. The smallest absolute Gasteiger partial charge is 0.239 e. The molecule has 0 unspecified atom stereocenters. The van der Waals surface area contributed by atoms with Gasteiger partial charge in [0.1, 0.15) is 11.3 Å². The summed E-state index contributed by atoms with van der Waals surface area (Å²) in [7, 11) is 2.09. The Morgan fingerprint density at radius 3 is 2.74 bits per heavy atom. The molecule has 0 saturated carbocycles. The average Bonchev–Trinajstić information content (AvgIpc) is 3.06. The van der Waals surface area contributed by atoms with Crippen LogP contribution in [-0.4, -0.2) is 63.0 Å². The van der Waals surface area contributed by atoms with E-state index >= 15 is 0 Å². The van der Waals surface area contributed by atoms with Crippen molar-refractivity contribution in [3.05, 3.63) is 24.2 Å². The van der Waals surface area contributed by atoms with Crippen molar-refractivity contribution in [1.29, 1.82) is 0 Å². The standard InChI is InChI=1S/C21H31N5O/c1-3-7-19-23-17-8-6-12-22-20(17)26(19)16-10-14-25(15-11-16)21(27)18-9-4-5-13-24(18)2/h6,8,12,16,18H,3-5,7,9-11,13-15H2,1-2H3/t18-/m1/s1. The van der Waals surface area contributed by atoms with E-state index in [4.69, 9.17) is 4.98 Å². The molecule has 27 heavy (non-hydrogen) atoms. The van der Waals surface area contributed by atoms with Crippen molar-refractivity contribution in [2.24, 2.45) is 0 Å².